The van der Waals surface area contributed by atoms with Crippen molar-refractivity contribution in [3.05, 3.63) is 0 Å². The Bertz CT molecular complexity index is 341. The fourth-order valence-electron chi connectivity index (χ4n) is 2.50. The first kappa shape index (κ1) is 13.9. The molecule has 0 spiro atoms. The molecule has 0 radical (unpaired) electrons. The monoisotopic (exact) mass is 269 g/mol. The van der Waals surface area contributed by atoms with Crippen molar-refractivity contribution in [1.82, 2.24) is 25.3 Å². The highest BCUT2D eigenvalue weighted by atomic mass is 16.2. The first-order valence-electron chi connectivity index (χ1n) is 6.81. The predicted molar refractivity (Wildman–Crippen MR) is 72.0 cm³/mol. The van der Waals surface area contributed by atoms with Gasteiger partial charge in [-0.1, -0.05) is 0 Å². The summed E-state index contributed by atoms with van der Waals surface area (Å²) in [5.74, 6) is 0. The molecule has 2 aliphatic rings. The highest BCUT2D eigenvalue weighted by Crippen LogP contribution is 2.10. The highest BCUT2D eigenvalue weighted by Gasteiger charge is 2.28. The van der Waals surface area contributed by atoms with Crippen LogP contribution in [0.4, 0.5) is 9.59 Å². The molecule has 19 heavy (non-hydrogen) atoms. The summed E-state index contributed by atoms with van der Waals surface area (Å²) in [4.78, 5) is 29.3. The lowest BCUT2D eigenvalue weighted by molar-refractivity contribution is 0.151. The van der Waals surface area contributed by atoms with E-state index in [4.69, 9.17) is 0 Å². The van der Waals surface area contributed by atoms with Gasteiger partial charge in [-0.3, -0.25) is 0 Å². The van der Waals surface area contributed by atoms with Crippen LogP contribution in [0.15, 0.2) is 0 Å². The van der Waals surface area contributed by atoms with E-state index in [1.807, 2.05) is 4.90 Å². The number of hydrogen-bond acceptors (Lipinski definition) is 3. The normalized spacial score (nSPS) is 24.4. The molecule has 7 nitrogen and oxygen atoms in total. The van der Waals surface area contributed by atoms with Gasteiger partial charge in [0.2, 0.25) is 0 Å². The molecule has 0 unspecified atom stereocenters. The van der Waals surface area contributed by atoms with Gasteiger partial charge >= 0.3 is 12.1 Å². The zero-order chi connectivity index (χ0) is 13.8. The maximum absolute atomic E-state index is 12.1. The molecule has 7 heteroatoms. The third-order valence-electron chi connectivity index (χ3n) is 3.81. The average molecular weight is 269 g/mol. The van der Waals surface area contributed by atoms with E-state index >= 15 is 0 Å². The lowest BCUT2D eigenvalue weighted by Crippen LogP contribution is -2.53. The summed E-state index contributed by atoms with van der Waals surface area (Å²) >= 11 is 0. The van der Waals surface area contributed by atoms with Crippen LogP contribution in [0.3, 0.4) is 0 Å². The number of urea groups is 2. The molecule has 2 N–H and O–H groups in total. The number of hydrogen-bond donors (Lipinski definition) is 2. The van der Waals surface area contributed by atoms with Crippen molar-refractivity contribution in [1.29, 1.82) is 0 Å². The van der Waals surface area contributed by atoms with E-state index in [2.05, 4.69) is 22.6 Å². The van der Waals surface area contributed by atoms with Crippen LogP contribution in [0.5, 0.6) is 0 Å². The average Bonchev–Trinajstić information content (AvgIpc) is 2.87. The molecule has 2 aliphatic heterocycles. The number of rotatable bonds is 1. The predicted octanol–water partition coefficient (Wildman–Crippen LogP) is -0.643. The van der Waals surface area contributed by atoms with Gasteiger partial charge in [0.1, 0.15) is 0 Å². The summed E-state index contributed by atoms with van der Waals surface area (Å²) in [6.07, 6.45) is 0.826. The van der Waals surface area contributed by atoms with E-state index in [1.54, 1.807) is 11.9 Å². The molecule has 0 bridgehead atoms. The van der Waals surface area contributed by atoms with E-state index in [0.717, 1.165) is 32.6 Å². The van der Waals surface area contributed by atoms with Gasteiger partial charge in [-0.05, 0) is 13.5 Å². The number of carbonyl (C=O) groups is 2. The number of amides is 4. The minimum atomic E-state index is -0.0728. The molecule has 1 atom stereocenters. The van der Waals surface area contributed by atoms with E-state index in [1.165, 1.54) is 0 Å². The van der Waals surface area contributed by atoms with Gasteiger partial charge in [0.15, 0.2) is 0 Å². The van der Waals surface area contributed by atoms with Crippen LogP contribution in [0.2, 0.25) is 0 Å². The molecule has 0 aliphatic carbocycles. The number of nitrogens with zero attached hydrogens (tertiary/aromatic N) is 3. The third kappa shape index (κ3) is 3.50. The Hall–Kier alpha value is -1.50. The molecule has 2 heterocycles. The molecular formula is C12H23N5O2. The first-order valence-corrected chi connectivity index (χ1v) is 6.81. The minimum Gasteiger partial charge on any atom is -0.341 e. The molecule has 0 aromatic carbocycles. The molecule has 0 saturated carbocycles. The van der Waals surface area contributed by atoms with E-state index in [-0.39, 0.29) is 18.1 Å². The van der Waals surface area contributed by atoms with Crippen molar-refractivity contribution in [3.8, 4) is 0 Å². The van der Waals surface area contributed by atoms with Crippen molar-refractivity contribution >= 4 is 12.1 Å². The number of likely N-dealkylation sites (tertiary alicyclic amines) is 1. The molecular weight excluding hydrogens is 246 g/mol. The molecule has 0 aromatic heterocycles. The highest BCUT2D eigenvalue weighted by molar-refractivity contribution is 5.76. The maximum Gasteiger partial charge on any atom is 0.317 e. The zero-order valence-electron chi connectivity index (χ0n) is 11.7. The second kappa shape index (κ2) is 6.10. The molecule has 4 amide bonds. The van der Waals surface area contributed by atoms with Crippen molar-refractivity contribution in [2.24, 2.45) is 0 Å². The number of nitrogens with one attached hydrogen (secondary N) is 2. The summed E-state index contributed by atoms with van der Waals surface area (Å²) < 4.78 is 0. The van der Waals surface area contributed by atoms with Gasteiger partial charge in [-0.15, -0.1) is 0 Å². The van der Waals surface area contributed by atoms with Gasteiger partial charge < -0.3 is 25.3 Å². The number of carbonyl (C=O) groups excluding carboxylic acids is 2. The summed E-state index contributed by atoms with van der Waals surface area (Å²) in [5, 5.41) is 5.63. The van der Waals surface area contributed by atoms with Crippen LogP contribution in [0.1, 0.15) is 6.42 Å². The Balaban J connectivity index is 1.76. The van der Waals surface area contributed by atoms with E-state index in [9.17, 15) is 9.59 Å². The fraction of sp³-hybridized carbons (Fsp3) is 0.833. The third-order valence-corrected chi connectivity index (χ3v) is 3.81. The van der Waals surface area contributed by atoms with Gasteiger partial charge in [-0.25, -0.2) is 9.59 Å². The summed E-state index contributed by atoms with van der Waals surface area (Å²) in [7, 11) is 3.69. The van der Waals surface area contributed by atoms with Crippen molar-refractivity contribution < 1.29 is 9.59 Å². The Morgan fingerprint density at radius 2 is 1.68 bits per heavy atom. The molecule has 2 saturated heterocycles. The van der Waals surface area contributed by atoms with Crippen LogP contribution in [-0.2, 0) is 0 Å². The first-order chi connectivity index (χ1) is 9.10. The Kier molecular flexibility index (Phi) is 4.47. The van der Waals surface area contributed by atoms with Crippen molar-refractivity contribution in [2.75, 3.05) is 53.4 Å². The van der Waals surface area contributed by atoms with Crippen LogP contribution in [0, 0.1) is 0 Å². The fourth-order valence-corrected chi connectivity index (χ4v) is 2.50. The second-order valence-corrected chi connectivity index (χ2v) is 5.23. The quantitative estimate of drug-likeness (QED) is 0.665. The van der Waals surface area contributed by atoms with Gasteiger partial charge in [-0.2, -0.15) is 0 Å². The number of likely N-dealkylation sites (N-methyl/N-ethyl adjacent to an activating group) is 1. The van der Waals surface area contributed by atoms with Crippen LogP contribution >= 0.6 is 0 Å². The van der Waals surface area contributed by atoms with E-state index < -0.39 is 0 Å². The molecule has 0 aromatic rings. The number of piperazine rings is 1. The second-order valence-electron chi connectivity index (χ2n) is 5.23. The lowest BCUT2D eigenvalue weighted by atomic mass is 10.2. The lowest BCUT2D eigenvalue weighted by Gasteiger charge is -2.33. The van der Waals surface area contributed by atoms with Crippen LogP contribution < -0.4 is 10.6 Å². The zero-order valence-corrected chi connectivity index (χ0v) is 11.7. The standard InChI is InChI=1S/C12H23N5O2/c1-13-11(18)17-4-3-10(9-17)14-12(19)16-7-5-15(2)6-8-16/h10H,3-9H2,1-2H3,(H,13,18)(H,14,19)/t10-/m0/s1. The molecule has 108 valence electrons. The Morgan fingerprint density at radius 1 is 1.00 bits per heavy atom. The van der Waals surface area contributed by atoms with Gasteiger partial charge in [0, 0.05) is 52.4 Å². The smallest absolute Gasteiger partial charge is 0.317 e. The largest absolute Gasteiger partial charge is 0.341 e. The van der Waals surface area contributed by atoms with Crippen molar-refractivity contribution in [3.63, 3.8) is 0 Å². The summed E-state index contributed by atoms with van der Waals surface area (Å²) in [5.41, 5.74) is 0. The van der Waals surface area contributed by atoms with E-state index in [0.29, 0.717) is 13.1 Å². The Morgan fingerprint density at radius 3 is 2.32 bits per heavy atom. The molecule has 2 fully saturated rings. The topological polar surface area (TPSA) is 67.9 Å². The van der Waals surface area contributed by atoms with Crippen LogP contribution in [-0.4, -0.2) is 86.2 Å². The maximum atomic E-state index is 12.1. The molecule has 2 rings (SSSR count). The van der Waals surface area contributed by atoms with Crippen molar-refractivity contribution in [2.45, 2.75) is 12.5 Å². The SMILES string of the molecule is CNC(=O)N1CC[C@H](NC(=O)N2CCN(C)CC2)C1. The van der Waals surface area contributed by atoms with Gasteiger partial charge in [0.05, 0.1) is 0 Å². The minimum absolute atomic E-state index is 0.00291. The Labute approximate surface area is 113 Å². The van der Waals surface area contributed by atoms with Crippen LogP contribution in [0.25, 0.3) is 0 Å². The van der Waals surface area contributed by atoms with Gasteiger partial charge in [0.25, 0.3) is 0 Å². The summed E-state index contributed by atoms with van der Waals surface area (Å²) in [6.45, 7) is 4.68. The summed E-state index contributed by atoms with van der Waals surface area (Å²) in [6, 6.07) is -0.00217.